The fraction of sp³-hybridized carbons (Fsp3) is 0.533. The molecule has 0 radical (unpaired) electrons. The summed E-state index contributed by atoms with van der Waals surface area (Å²) in [4.78, 5) is 11.8. The first-order valence-electron chi connectivity index (χ1n) is 6.62. The molecule has 2 N–H and O–H groups in total. The number of aromatic hydroxyl groups is 1. The van der Waals surface area contributed by atoms with Crippen LogP contribution in [0.2, 0.25) is 0 Å². The number of hydrogen-bond acceptors (Lipinski definition) is 4. The fourth-order valence-corrected chi connectivity index (χ4v) is 3.50. The smallest absolute Gasteiger partial charge is 0.309 e. The number of benzene rings is 1. The molecule has 0 unspecified atom stereocenters. The van der Waals surface area contributed by atoms with Crippen LogP contribution in [0.1, 0.15) is 35.3 Å². The van der Waals surface area contributed by atoms with Crippen molar-refractivity contribution in [2.24, 2.45) is 11.8 Å². The van der Waals surface area contributed by atoms with Gasteiger partial charge in [-0.25, -0.2) is 0 Å². The molecule has 3 rings (SSSR count). The second kappa shape index (κ2) is 3.97. The summed E-state index contributed by atoms with van der Waals surface area (Å²) in [5, 5.41) is 20.3. The van der Waals surface area contributed by atoms with Gasteiger partial charge in [-0.05, 0) is 43.0 Å². The largest absolute Gasteiger partial charge is 0.508 e. The third kappa shape index (κ3) is 1.59. The van der Waals surface area contributed by atoms with Gasteiger partial charge in [-0.3, -0.25) is 4.79 Å². The van der Waals surface area contributed by atoms with Crippen molar-refractivity contribution in [2.75, 3.05) is 0 Å². The van der Waals surface area contributed by atoms with Crippen LogP contribution < -0.4 is 0 Å². The molecule has 4 atom stereocenters. The lowest BCUT2D eigenvalue weighted by atomic mass is 9.73. The summed E-state index contributed by atoms with van der Waals surface area (Å²) in [6.07, 6.45) is -0.474. The van der Waals surface area contributed by atoms with E-state index < -0.39 is 12.2 Å². The Morgan fingerprint density at radius 2 is 2.05 bits per heavy atom. The molecule has 1 aliphatic carbocycles. The summed E-state index contributed by atoms with van der Waals surface area (Å²) < 4.78 is 5.46. The lowest BCUT2D eigenvalue weighted by molar-refractivity contribution is -0.144. The SMILES string of the molecule is Cc1cc(O)c(C)c2c1C[C@@H](O)[C@H]1[C@H](C)C(=O)O[C@@H]21. The van der Waals surface area contributed by atoms with Gasteiger partial charge >= 0.3 is 5.97 Å². The fourth-order valence-electron chi connectivity index (χ4n) is 3.50. The Morgan fingerprint density at radius 3 is 2.74 bits per heavy atom. The summed E-state index contributed by atoms with van der Waals surface area (Å²) in [6.45, 7) is 5.54. The molecule has 0 spiro atoms. The van der Waals surface area contributed by atoms with Crippen molar-refractivity contribution in [3.8, 4) is 5.75 Å². The minimum Gasteiger partial charge on any atom is -0.508 e. The summed E-state index contributed by atoms with van der Waals surface area (Å²) >= 11 is 0. The van der Waals surface area contributed by atoms with E-state index in [4.69, 9.17) is 4.74 Å². The summed E-state index contributed by atoms with van der Waals surface area (Å²) in [6, 6.07) is 1.71. The number of phenols is 1. The topological polar surface area (TPSA) is 66.8 Å². The van der Waals surface area contributed by atoms with Crippen LogP contribution >= 0.6 is 0 Å². The number of aliphatic hydroxyl groups is 1. The molecule has 0 saturated carbocycles. The molecule has 1 aromatic carbocycles. The van der Waals surface area contributed by atoms with Crippen LogP contribution in [0.5, 0.6) is 5.75 Å². The summed E-state index contributed by atoms with van der Waals surface area (Å²) in [7, 11) is 0. The van der Waals surface area contributed by atoms with E-state index in [0.29, 0.717) is 6.42 Å². The van der Waals surface area contributed by atoms with Gasteiger partial charge < -0.3 is 14.9 Å². The van der Waals surface area contributed by atoms with Gasteiger partial charge in [-0.15, -0.1) is 0 Å². The zero-order valence-electron chi connectivity index (χ0n) is 11.3. The third-order valence-corrected chi connectivity index (χ3v) is 4.63. The van der Waals surface area contributed by atoms with Crippen LogP contribution in [0.25, 0.3) is 0 Å². The predicted octanol–water partition coefficient (Wildman–Crippen LogP) is 1.78. The van der Waals surface area contributed by atoms with Crippen LogP contribution in [0.15, 0.2) is 6.07 Å². The van der Waals surface area contributed by atoms with Crippen LogP contribution in [0.4, 0.5) is 0 Å². The van der Waals surface area contributed by atoms with Gasteiger partial charge in [0.15, 0.2) is 0 Å². The number of esters is 1. The van der Waals surface area contributed by atoms with Crippen LogP contribution in [0.3, 0.4) is 0 Å². The number of aliphatic hydroxyl groups excluding tert-OH is 1. The zero-order valence-corrected chi connectivity index (χ0v) is 11.3. The normalized spacial score (nSPS) is 32.7. The first-order chi connectivity index (χ1) is 8.91. The van der Waals surface area contributed by atoms with E-state index in [1.807, 2.05) is 13.8 Å². The molecule has 1 fully saturated rings. The van der Waals surface area contributed by atoms with Gasteiger partial charge in [0.1, 0.15) is 11.9 Å². The number of carbonyl (C=O) groups excluding carboxylic acids is 1. The molecule has 19 heavy (non-hydrogen) atoms. The molecule has 1 heterocycles. The molecule has 1 saturated heterocycles. The van der Waals surface area contributed by atoms with E-state index in [-0.39, 0.29) is 23.6 Å². The van der Waals surface area contributed by atoms with E-state index in [0.717, 1.165) is 22.3 Å². The highest BCUT2D eigenvalue weighted by molar-refractivity contribution is 5.76. The first-order valence-corrected chi connectivity index (χ1v) is 6.62. The van der Waals surface area contributed by atoms with Gasteiger partial charge in [-0.2, -0.15) is 0 Å². The first kappa shape index (κ1) is 12.5. The number of aryl methyl sites for hydroxylation is 1. The highest BCUT2D eigenvalue weighted by atomic mass is 16.6. The predicted molar refractivity (Wildman–Crippen MR) is 68.8 cm³/mol. The highest BCUT2D eigenvalue weighted by Crippen LogP contribution is 2.49. The van der Waals surface area contributed by atoms with Crippen molar-refractivity contribution >= 4 is 5.97 Å². The van der Waals surface area contributed by atoms with Crippen LogP contribution in [-0.4, -0.2) is 22.3 Å². The molecule has 4 nitrogen and oxygen atoms in total. The molecule has 1 aliphatic heterocycles. The quantitative estimate of drug-likeness (QED) is 0.699. The summed E-state index contributed by atoms with van der Waals surface area (Å²) in [5.41, 5.74) is 3.59. The second-order valence-electron chi connectivity index (χ2n) is 5.72. The molecule has 0 amide bonds. The Bertz CT molecular complexity index is 564. The average Bonchev–Trinajstić information content (AvgIpc) is 2.63. The van der Waals surface area contributed by atoms with Crippen LogP contribution in [-0.2, 0) is 16.0 Å². The molecule has 102 valence electrons. The zero-order chi connectivity index (χ0) is 13.9. The number of fused-ring (bicyclic) bond motifs is 3. The summed E-state index contributed by atoms with van der Waals surface area (Å²) in [5.74, 6) is -0.542. The average molecular weight is 262 g/mol. The minimum atomic E-state index is -0.568. The molecular formula is C15H18O4. The molecule has 0 bridgehead atoms. The number of ether oxygens (including phenoxy) is 1. The van der Waals surface area contributed by atoms with E-state index >= 15 is 0 Å². The Morgan fingerprint density at radius 1 is 1.37 bits per heavy atom. The maximum atomic E-state index is 11.8. The minimum absolute atomic E-state index is 0.208. The van der Waals surface area contributed by atoms with Crippen molar-refractivity contribution < 1.29 is 19.7 Å². The maximum Gasteiger partial charge on any atom is 0.309 e. The van der Waals surface area contributed by atoms with Gasteiger partial charge in [0.25, 0.3) is 0 Å². The van der Waals surface area contributed by atoms with Gasteiger partial charge in [0, 0.05) is 11.5 Å². The Balaban J connectivity index is 2.21. The Hall–Kier alpha value is -1.55. The number of carbonyl (C=O) groups is 1. The monoisotopic (exact) mass is 262 g/mol. The lowest BCUT2D eigenvalue weighted by Crippen LogP contribution is -2.35. The van der Waals surface area contributed by atoms with E-state index in [1.165, 1.54) is 0 Å². The third-order valence-electron chi connectivity index (χ3n) is 4.63. The van der Waals surface area contributed by atoms with E-state index in [1.54, 1.807) is 13.0 Å². The van der Waals surface area contributed by atoms with E-state index in [2.05, 4.69) is 0 Å². The number of phenolic OH excluding ortho intramolecular Hbond substituents is 1. The Labute approximate surface area is 112 Å². The number of hydrogen-bond donors (Lipinski definition) is 2. The standard InChI is InChI=1S/C15H18O4/c1-6-4-10(16)7(2)12-9(6)5-11(17)13-8(3)15(18)19-14(12)13/h4,8,11,13-14,16-17H,5H2,1-3H3/t8-,11+,13+,14-/m0/s1. The lowest BCUT2D eigenvalue weighted by Gasteiger charge is -2.34. The molecule has 2 aliphatic rings. The van der Waals surface area contributed by atoms with Crippen molar-refractivity contribution in [3.63, 3.8) is 0 Å². The van der Waals surface area contributed by atoms with Crippen LogP contribution in [0, 0.1) is 25.7 Å². The van der Waals surface area contributed by atoms with Gasteiger partial charge in [0.05, 0.1) is 12.0 Å². The van der Waals surface area contributed by atoms with E-state index in [9.17, 15) is 15.0 Å². The molecule has 4 heteroatoms. The molecule has 0 aromatic heterocycles. The molecule has 1 aromatic rings. The van der Waals surface area contributed by atoms with Gasteiger partial charge in [0.2, 0.25) is 0 Å². The maximum absolute atomic E-state index is 11.8. The highest BCUT2D eigenvalue weighted by Gasteiger charge is 2.50. The van der Waals surface area contributed by atoms with Gasteiger partial charge in [-0.1, -0.05) is 6.92 Å². The van der Waals surface area contributed by atoms with Crippen molar-refractivity contribution in [1.82, 2.24) is 0 Å². The van der Waals surface area contributed by atoms with Crippen molar-refractivity contribution in [1.29, 1.82) is 0 Å². The van der Waals surface area contributed by atoms with Crippen molar-refractivity contribution in [3.05, 3.63) is 28.3 Å². The molecular weight excluding hydrogens is 244 g/mol. The number of rotatable bonds is 0. The van der Waals surface area contributed by atoms with Crippen molar-refractivity contribution in [2.45, 2.75) is 39.4 Å². The second-order valence-corrected chi connectivity index (χ2v) is 5.72. The Kier molecular flexibility index (Phi) is 2.61.